The number of hydrogen-bond donors (Lipinski definition) is 0. The Morgan fingerprint density at radius 2 is 2.14 bits per heavy atom. The Hall–Kier alpha value is -1.77. The van der Waals surface area contributed by atoms with Gasteiger partial charge in [0.15, 0.2) is 0 Å². The predicted octanol–water partition coefficient (Wildman–Crippen LogP) is 2.10. The smallest absolute Gasteiger partial charge is 0.116 e. The zero-order valence-electron chi connectivity index (χ0n) is 8.01. The van der Waals surface area contributed by atoms with Crippen LogP contribution in [-0.4, -0.2) is 15.0 Å². The Morgan fingerprint density at radius 3 is 2.86 bits per heavy atom. The van der Waals surface area contributed by atoms with Gasteiger partial charge in [0.1, 0.15) is 6.33 Å². The summed E-state index contributed by atoms with van der Waals surface area (Å²) >= 11 is 0. The van der Waals surface area contributed by atoms with Gasteiger partial charge in [-0.05, 0) is 24.1 Å². The van der Waals surface area contributed by atoms with Crippen molar-refractivity contribution in [2.75, 3.05) is 0 Å². The minimum Gasteiger partial charge on any atom is -0.255 e. The summed E-state index contributed by atoms with van der Waals surface area (Å²) in [5.74, 6) is 0. The Balaban J connectivity index is 2.51. The maximum atomic E-state index is 4.27. The molecule has 0 aliphatic rings. The molecule has 2 heterocycles. The van der Waals surface area contributed by atoms with Gasteiger partial charge < -0.3 is 0 Å². The van der Waals surface area contributed by atoms with Gasteiger partial charge in [0, 0.05) is 12.4 Å². The third-order valence-corrected chi connectivity index (χ3v) is 2.08. The third kappa shape index (κ3) is 1.62. The highest BCUT2D eigenvalue weighted by Crippen LogP contribution is 2.17. The fraction of sp³-hybridized carbons (Fsp3) is 0.182. The predicted molar refractivity (Wildman–Crippen MR) is 54.6 cm³/mol. The highest BCUT2D eigenvalue weighted by Gasteiger charge is 2.04. The van der Waals surface area contributed by atoms with Crippen molar-refractivity contribution >= 4 is 0 Å². The number of rotatable bonds is 2. The van der Waals surface area contributed by atoms with Gasteiger partial charge in [-0.25, -0.2) is 9.97 Å². The minimum absolute atomic E-state index is 0.909. The SMILES string of the molecule is CCc1cncnc1-c1ccccn1. The van der Waals surface area contributed by atoms with Crippen LogP contribution in [0.1, 0.15) is 12.5 Å². The van der Waals surface area contributed by atoms with Crippen molar-refractivity contribution in [2.24, 2.45) is 0 Å². The van der Waals surface area contributed by atoms with Crippen LogP contribution >= 0.6 is 0 Å². The molecule has 0 aliphatic carbocycles. The summed E-state index contributed by atoms with van der Waals surface area (Å²) in [5.41, 5.74) is 2.97. The van der Waals surface area contributed by atoms with Gasteiger partial charge in [-0.15, -0.1) is 0 Å². The van der Waals surface area contributed by atoms with Crippen molar-refractivity contribution in [1.82, 2.24) is 15.0 Å². The first-order chi connectivity index (χ1) is 6.92. The average Bonchev–Trinajstić information content (AvgIpc) is 2.30. The van der Waals surface area contributed by atoms with Crippen LogP contribution in [0.25, 0.3) is 11.4 Å². The van der Waals surface area contributed by atoms with Gasteiger partial charge >= 0.3 is 0 Å². The molecule has 2 rings (SSSR count). The fourth-order valence-corrected chi connectivity index (χ4v) is 1.35. The Kier molecular flexibility index (Phi) is 2.49. The van der Waals surface area contributed by atoms with Crippen molar-refractivity contribution in [2.45, 2.75) is 13.3 Å². The van der Waals surface area contributed by atoms with Crippen LogP contribution in [-0.2, 0) is 6.42 Å². The lowest BCUT2D eigenvalue weighted by Gasteiger charge is -2.03. The molecule has 2 aromatic rings. The van der Waals surface area contributed by atoms with E-state index in [0.717, 1.165) is 23.4 Å². The molecule has 0 aromatic carbocycles. The van der Waals surface area contributed by atoms with Crippen LogP contribution in [0.2, 0.25) is 0 Å². The van der Waals surface area contributed by atoms with Gasteiger partial charge in [-0.1, -0.05) is 13.0 Å². The van der Waals surface area contributed by atoms with E-state index in [1.54, 1.807) is 12.5 Å². The summed E-state index contributed by atoms with van der Waals surface area (Å²) in [6.45, 7) is 2.09. The van der Waals surface area contributed by atoms with Crippen LogP contribution in [0, 0.1) is 0 Å². The second kappa shape index (κ2) is 3.96. The van der Waals surface area contributed by atoms with Gasteiger partial charge in [0.25, 0.3) is 0 Å². The Labute approximate surface area is 82.9 Å². The van der Waals surface area contributed by atoms with Crippen molar-refractivity contribution < 1.29 is 0 Å². The molecule has 0 saturated heterocycles. The first-order valence-corrected chi connectivity index (χ1v) is 4.62. The van der Waals surface area contributed by atoms with Crippen molar-refractivity contribution in [3.8, 4) is 11.4 Å². The van der Waals surface area contributed by atoms with E-state index in [2.05, 4.69) is 21.9 Å². The minimum atomic E-state index is 0.909. The lowest BCUT2D eigenvalue weighted by atomic mass is 10.1. The fourth-order valence-electron chi connectivity index (χ4n) is 1.35. The second-order valence-electron chi connectivity index (χ2n) is 2.97. The van der Waals surface area contributed by atoms with Crippen molar-refractivity contribution in [1.29, 1.82) is 0 Å². The Morgan fingerprint density at radius 1 is 1.21 bits per heavy atom. The quantitative estimate of drug-likeness (QED) is 0.719. The highest BCUT2D eigenvalue weighted by atomic mass is 14.8. The second-order valence-corrected chi connectivity index (χ2v) is 2.97. The molecule has 0 amide bonds. The lowest BCUT2D eigenvalue weighted by molar-refractivity contribution is 1.04. The molecule has 2 aromatic heterocycles. The third-order valence-electron chi connectivity index (χ3n) is 2.08. The van der Waals surface area contributed by atoms with E-state index in [4.69, 9.17) is 0 Å². The van der Waals surface area contributed by atoms with Crippen molar-refractivity contribution in [3.63, 3.8) is 0 Å². The molecule has 0 unspecified atom stereocenters. The van der Waals surface area contributed by atoms with E-state index in [0.29, 0.717) is 0 Å². The molecule has 0 spiro atoms. The molecule has 0 N–H and O–H groups in total. The number of aromatic nitrogens is 3. The number of pyridine rings is 1. The monoisotopic (exact) mass is 185 g/mol. The molecule has 14 heavy (non-hydrogen) atoms. The van der Waals surface area contributed by atoms with E-state index < -0.39 is 0 Å². The average molecular weight is 185 g/mol. The van der Waals surface area contributed by atoms with Gasteiger partial charge in [0.05, 0.1) is 11.4 Å². The van der Waals surface area contributed by atoms with Gasteiger partial charge in [-0.3, -0.25) is 4.98 Å². The summed E-state index contributed by atoms with van der Waals surface area (Å²) in [5, 5.41) is 0. The van der Waals surface area contributed by atoms with Gasteiger partial charge in [0.2, 0.25) is 0 Å². The summed E-state index contributed by atoms with van der Waals surface area (Å²) in [6.07, 6.45) is 6.10. The molecular weight excluding hydrogens is 174 g/mol. The molecule has 0 saturated carbocycles. The zero-order valence-corrected chi connectivity index (χ0v) is 8.01. The molecule has 0 aliphatic heterocycles. The standard InChI is InChI=1S/C11H11N3/c1-2-9-7-12-8-14-11(9)10-5-3-4-6-13-10/h3-8H,2H2,1H3. The molecule has 0 atom stereocenters. The molecule has 0 radical (unpaired) electrons. The summed E-state index contributed by atoms with van der Waals surface area (Å²) in [7, 11) is 0. The first-order valence-electron chi connectivity index (χ1n) is 4.62. The largest absolute Gasteiger partial charge is 0.255 e. The van der Waals surface area contributed by atoms with Gasteiger partial charge in [-0.2, -0.15) is 0 Å². The normalized spacial score (nSPS) is 10.1. The number of aryl methyl sites for hydroxylation is 1. The van der Waals surface area contributed by atoms with E-state index in [1.807, 2.05) is 24.4 Å². The summed E-state index contributed by atoms with van der Waals surface area (Å²) in [6, 6.07) is 5.82. The van der Waals surface area contributed by atoms with Crippen LogP contribution in [0.5, 0.6) is 0 Å². The summed E-state index contributed by atoms with van der Waals surface area (Å²) in [4.78, 5) is 12.5. The van der Waals surface area contributed by atoms with E-state index in [9.17, 15) is 0 Å². The van der Waals surface area contributed by atoms with Crippen LogP contribution in [0.3, 0.4) is 0 Å². The van der Waals surface area contributed by atoms with Crippen molar-refractivity contribution in [3.05, 3.63) is 42.5 Å². The van der Waals surface area contributed by atoms with Crippen LogP contribution in [0.4, 0.5) is 0 Å². The van der Waals surface area contributed by atoms with E-state index in [1.165, 1.54) is 0 Å². The highest BCUT2D eigenvalue weighted by molar-refractivity contribution is 5.57. The molecule has 3 nitrogen and oxygen atoms in total. The van der Waals surface area contributed by atoms with E-state index >= 15 is 0 Å². The molecule has 3 heteroatoms. The molecule has 0 fully saturated rings. The lowest BCUT2D eigenvalue weighted by Crippen LogP contribution is -1.94. The first kappa shape index (κ1) is 8.81. The molecule has 0 bridgehead atoms. The Bertz CT molecular complexity index is 412. The maximum Gasteiger partial charge on any atom is 0.116 e. The van der Waals surface area contributed by atoms with Crippen LogP contribution in [0.15, 0.2) is 36.9 Å². The molecule has 70 valence electrons. The summed E-state index contributed by atoms with van der Waals surface area (Å²) < 4.78 is 0. The van der Waals surface area contributed by atoms with Crippen LogP contribution < -0.4 is 0 Å². The topological polar surface area (TPSA) is 38.7 Å². The maximum absolute atomic E-state index is 4.27. The zero-order chi connectivity index (χ0) is 9.80. The van der Waals surface area contributed by atoms with E-state index in [-0.39, 0.29) is 0 Å². The molecular formula is C11H11N3. The number of hydrogen-bond acceptors (Lipinski definition) is 3. The number of nitrogens with zero attached hydrogens (tertiary/aromatic N) is 3.